The van der Waals surface area contributed by atoms with E-state index in [0.717, 1.165) is 0 Å². The smallest absolute Gasteiger partial charge is 0.0140 e. The van der Waals surface area contributed by atoms with Crippen molar-refractivity contribution in [2.45, 2.75) is 0 Å². The van der Waals surface area contributed by atoms with Crippen LogP contribution in [0.4, 0.5) is 0 Å². The molecule has 0 saturated carbocycles. The fraction of sp³-hybridized carbons (Fsp3) is 0. The fourth-order valence-electron chi connectivity index (χ4n) is 0.0417. The van der Waals surface area contributed by atoms with Crippen molar-refractivity contribution >= 4 is 5.94 Å². The molecule has 0 rings (SSSR count). The molecule has 1 nitrogen and oxygen atoms in total. The Kier molecular flexibility index (Phi) is 2.67. The average Bonchev–Trinajstić information content (AvgIpc) is 1.41. The van der Waals surface area contributed by atoms with Crippen LogP contribution in [0, 0.1) is 6.08 Å². The first kappa shape index (κ1) is 4.19. The third kappa shape index (κ3) is 3.19. The Bertz CT molecular complexity index is 67.7. The van der Waals surface area contributed by atoms with Gasteiger partial charge < -0.3 is 0 Å². The van der Waals surface area contributed by atoms with Gasteiger partial charge in [-0.15, -0.1) is 0 Å². The first-order valence-electron chi connectivity index (χ1n) is 1.15. The largest absolute Gasteiger partial charge is 0.256 e. The highest BCUT2D eigenvalue weighted by Crippen LogP contribution is 1.48. The molecule has 0 heterocycles. The van der Waals surface area contributed by atoms with Crippen molar-refractivity contribution in [3.05, 3.63) is 18.7 Å². The summed E-state index contributed by atoms with van der Waals surface area (Å²) in [6, 6.07) is 0. The van der Waals surface area contributed by atoms with Gasteiger partial charge in [0, 0.05) is 5.94 Å². The van der Waals surface area contributed by atoms with Gasteiger partial charge >= 0.3 is 0 Å². The highest BCUT2D eigenvalue weighted by molar-refractivity contribution is 5.43. The van der Waals surface area contributed by atoms with E-state index in [2.05, 4.69) is 12.7 Å². The highest BCUT2D eigenvalue weighted by atomic mass is 16.1. The molecule has 0 spiro atoms. The summed E-state index contributed by atoms with van der Waals surface area (Å²) in [6.07, 6.45) is 3.33. The molecule has 0 radical (unpaired) electrons. The second kappa shape index (κ2) is 3.19. The summed E-state index contributed by atoms with van der Waals surface area (Å²) in [6.45, 7) is 3.18. The van der Waals surface area contributed by atoms with Crippen molar-refractivity contribution in [1.82, 2.24) is 0 Å². The van der Waals surface area contributed by atoms with E-state index in [4.69, 9.17) is 4.79 Å². The van der Waals surface area contributed by atoms with Gasteiger partial charge in [0.05, 0.1) is 0 Å². The van der Waals surface area contributed by atoms with Crippen LogP contribution in [0.25, 0.3) is 0 Å². The van der Waals surface area contributed by atoms with Crippen LogP contribution in [0.2, 0.25) is 0 Å². The third-order valence-electron chi connectivity index (χ3n) is 0.161. The molecule has 0 atom stereocenters. The standard InChI is InChI=1S/C4H3O/c1-2-3-4-5/h2H,1H2/q-1. The van der Waals surface area contributed by atoms with E-state index in [9.17, 15) is 0 Å². The van der Waals surface area contributed by atoms with Crippen molar-refractivity contribution in [1.29, 1.82) is 0 Å². The molecule has 0 aromatic carbocycles. The number of rotatable bonds is 1. The van der Waals surface area contributed by atoms with Crippen molar-refractivity contribution in [3.8, 4) is 0 Å². The minimum absolute atomic E-state index is 1.26. The number of allylic oxidation sites excluding steroid dienone is 2. The van der Waals surface area contributed by atoms with Crippen molar-refractivity contribution in [2.24, 2.45) is 0 Å². The number of carbonyl (C=O) groups excluding carboxylic acids is 1. The highest BCUT2D eigenvalue weighted by Gasteiger charge is 1.26. The lowest BCUT2D eigenvalue weighted by molar-refractivity contribution is 0.568. The Hall–Kier alpha value is -0.810. The molecule has 0 unspecified atom stereocenters. The van der Waals surface area contributed by atoms with Gasteiger partial charge in [0.15, 0.2) is 0 Å². The SMILES string of the molecule is C=C[C-]=C=O. The van der Waals surface area contributed by atoms with Crippen LogP contribution in [0.1, 0.15) is 0 Å². The van der Waals surface area contributed by atoms with Crippen LogP contribution in [-0.4, -0.2) is 5.94 Å². The zero-order chi connectivity index (χ0) is 4.12. The van der Waals surface area contributed by atoms with Gasteiger partial charge in [0.2, 0.25) is 0 Å². The van der Waals surface area contributed by atoms with Gasteiger partial charge in [0.25, 0.3) is 0 Å². The molecule has 0 saturated heterocycles. The molecule has 0 aromatic heterocycles. The van der Waals surface area contributed by atoms with Gasteiger partial charge in [-0.05, 0) is 0 Å². The molecule has 5 heavy (non-hydrogen) atoms. The zero-order valence-corrected chi connectivity index (χ0v) is 2.69. The van der Waals surface area contributed by atoms with E-state index >= 15 is 0 Å². The van der Waals surface area contributed by atoms with Crippen LogP contribution in [0.5, 0.6) is 0 Å². The Labute approximate surface area is 30.6 Å². The van der Waals surface area contributed by atoms with Crippen molar-refractivity contribution < 1.29 is 4.79 Å². The first-order chi connectivity index (χ1) is 2.41. The molecule has 26 valence electrons. The first-order valence-corrected chi connectivity index (χ1v) is 1.15. The molecular weight excluding hydrogens is 64.0 g/mol. The second-order valence-electron chi connectivity index (χ2n) is 0.451. The molecular formula is C4H3O-. The Balaban J connectivity index is 3.31. The topological polar surface area (TPSA) is 17.1 Å². The molecule has 0 aliphatic heterocycles. The van der Waals surface area contributed by atoms with Gasteiger partial charge in [0.1, 0.15) is 0 Å². The number of hydrogen-bond donors (Lipinski definition) is 0. The minimum atomic E-state index is 1.26. The Morgan fingerprint density at radius 2 is 2.60 bits per heavy atom. The molecule has 0 aliphatic rings. The quantitative estimate of drug-likeness (QED) is 0.246. The summed E-state index contributed by atoms with van der Waals surface area (Å²) in [4.78, 5) is 9.10. The van der Waals surface area contributed by atoms with Crippen LogP contribution >= 0.6 is 0 Å². The van der Waals surface area contributed by atoms with E-state index in [1.165, 1.54) is 12.0 Å². The van der Waals surface area contributed by atoms with Crippen LogP contribution < -0.4 is 0 Å². The summed E-state index contributed by atoms with van der Waals surface area (Å²) in [7, 11) is 0. The molecule has 0 amide bonds. The van der Waals surface area contributed by atoms with E-state index in [1.807, 2.05) is 0 Å². The van der Waals surface area contributed by atoms with Gasteiger partial charge in [-0.1, -0.05) is 0 Å². The maximum Gasteiger partial charge on any atom is 0.0140 e. The predicted molar refractivity (Wildman–Crippen MR) is 19.1 cm³/mol. The van der Waals surface area contributed by atoms with Crippen LogP contribution in [-0.2, 0) is 4.79 Å². The molecule has 0 bridgehead atoms. The Morgan fingerprint density at radius 1 is 2.00 bits per heavy atom. The van der Waals surface area contributed by atoms with Crippen LogP contribution in [0.3, 0.4) is 0 Å². The zero-order valence-electron chi connectivity index (χ0n) is 2.69. The molecule has 0 aliphatic carbocycles. The molecule has 0 N–H and O–H groups in total. The van der Waals surface area contributed by atoms with Crippen LogP contribution in [0.15, 0.2) is 12.7 Å². The van der Waals surface area contributed by atoms with Crippen molar-refractivity contribution in [2.75, 3.05) is 0 Å². The van der Waals surface area contributed by atoms with Crippen molar-refractivity contribution in [3.63, 3.8) is 0 Å². The molecule has 1 heteroatoms. The lowest BCUT2D eigenvalue weighted by atomic mass is 10.6. The van der Waals surface area contributed by atoms with Gasteiger partial charge in [-0.2, -0.15) is 6.08 Å². The normalized spacial score (nSPS) is 4.80. The predicted octanol–water partition coefficient (Wildman–Crippen LogP) is 0.363. The maximum absolute atomic E-state index is 9.10. The van der Waals surface area contributed by atoms with E-state index in [1.54, 1.807) is 0 Å². The summed E-state index contributed by atoms with van der Waals surface area (Å²) in [5.41, 5.74) is 0. The number of hydrogen-bond acceptors (Lipinski definition) is 1. The summed E-state index contributed by atoms with van der Waals surface area (Å²) < 4.78 is 0. The minimum Gasteiger partial charge on any atom is -0.256 e. The maximum atomic E-state index is 9.10. The lowest BCUT2D eigenvalue weighted by Gasteiger charge is -1.58. The van der Waals surface area contributed by atoms with Gasteiger partial charge in [-0.3, -0.25) is 4.79 Å². The monoisotopic (exact) mass is 67.0 g/mol. The summed E-state index contributed by atoms with van der Waals surface area (Å²) >= 11 is 0. The Morgan fingerprint density at radius 3 is 2.60 bits per heavy atom. The second-order valence-corrected chi connectivity index (χ2v) is 0.451. The fourth-order valence-corrected chi connectivity index (χ4v) is 0.0417. The van der Waals surface area contributed by atoms with E-state index < -0.39 is 0 Å². The van der Waals surface area contributed by atoms with E-state index in [0.29, 0.717) is 0 Å². The molecule has 0 aromatic rings. The third-order valence-corrected chi connectivity index (χ3v) is 0.161. The molecule has 0 fully saturated rings. The summed E-state index contributed by atoms with van der Waals surface area (Å²) in [5, 5.41) is 0. The average molecular weight is 67.1 g/mol. The van der Waals surface area contributed by atoms with Gasteiger partial charge in [-0.25, -0.2) is 12.7 Å². The lowest BCUT2D eigenvalue weighted by Crippen LogP contribution is -1.40. The van der Waals surface area contributed by atoms with E-state index in [-0.39, 0.29) is 0 Å². The summed E-state index contributed by atoms with van der Waals surface area (Å²) in [5.74, 6) is 1.40.